The number of benzene rings is 3. The van der Waals surface area contributed by atoms with Crippen molar-refractivity contribution in [1.29, 1.82) is 0 Å². The van der Waals surface area contributed by atoms with Crippen molar-refractivity contribution in [1.82, 2.24) is 9.80 Å². The number of likely N-dealkylation sites (tertiary alicyclic amines) is 1. The number of ether oxygens (including phenoxy) is 1. The van der Waals surface area contributed by atoms with Crippen LogP contribution in [0.3, 0.4) is 0 Å². The third-order valence-electron chi connectivity index (χ3n) is 5.95. The van der Waals surface area contributed by atoms with E-state index >= 15 is 0 Å². The number of carbonyl (C=O) groups excluding carboxylic acids is 1. The summed E-state index contributed by atoms with van der Waals surface area (Å²) in [6.45, 7) is 1.50. The Balaban J connectivity index is 1.51. The number of β-amino-alcohol motifs (C(OH)–C–C–N with tert-alkyl or cyclic N) is 1. The van der Waals surface area contributed by atoms with Gasteiger partial charge in [-0.15, -0.1) is 0 Å². The normalized spacial score (nSPS) is 17.9. The first-order chi connectivity index (χ1) is 16.4. The van der Waals surface area contributed by atoms with Crippen LogP contribution in [0, 0.1) is 0 Å². The van der Waals surface area contributed by atoms with Crippen molar-refractivity contribution in [3.8, 4) is 0 Å². The molecule has 1 heterocycles. The van der Waals surface area contributed by atoms with E-state index in [-0.39, 0.29) is 19.2 Å². The number of hydrogen-bond donors (Lipinski definition) is 1. The minimum atomic E-state index is -0.770. The van der Waals surface area contributed by atoms with Crippen molar-refractivity contribution in [3.63, 3.8) is 0 Å². The van der Waals surface area contributed by atoms with Gasteiger partial charge in [0, 0.05) is 40.3 Å². The summed E-state index contributed by atoms with van der Waals surface area (Å²) in [4.78, 5) is 16.3. The first-order valence-electron chi connectivity index (χ1n) is 11.0. The highest BCUT2D eigenvalue weighted by Gasteiger charge is 2.39. The average Bonchev–Trinajstić information content (AvgIpc) is 3.22. The van der Waals surface area contributed by atoms with Crippen LogP contribution in [-0.4, -0.2) is 46.2 Å². The Morgan fingerprint density at radius 1 is 0.882 bits per heavy atom. The fourth-order valence-corrected chi connectivity index (χ4v) is 4.82. The molecule has 1 N–H and O–H groups in total. The molecule has 0 saturated carbocycles. The van der Waals surface area contributed by atoms with Gasteiger partial charge in [0.15, 0.2) is 0 Å². The molecule has 1 aliphatic heterocycles. The molecule has 5 nitrogen and oxygen atoms in total. The van der Waals surface area contributed by atoms with Gasteiger partial charge in [-0.2, -0.15) is 0 Å². The van der Waals surface area contributed by atoms with Gasteiger partial charge in [0.25, 0.3) is 0 Å². The summed E-state index contributed by atoms with van der Waals surface area (Å²) in [5.74, 6) is 0. The number of halogens is 3. The zero-order chi connectivity index (χ0) is 24.1. The Morgan fingerprint density at radius 3 is 2.24 bits per heavy atom. The topological polar surface area (TPSA) is 53.0 Å². The molecule has 2 atom stereocenters. The molecule has 1 fully saturated rings. The minimum Gasteiger partial charge on any atom is -0.445 e. The van der Waals surface area contributed by atoms with Gasteiger partial charge in [0.2, 0.25) is 0 Å². The second-order valence-corrected chi connectivity index (χ2v) is 9.50. The highest BCUT2D eigenvalue weighted by molar-refractivity contribution is 6.36. The van der Waals surface area contributed by atoms with Crippen molar-refractivity contribution in [2.24, 2.45) is 0 Å². The lowest BCUT2D eigenvalue weighted by molar-refractivity contribution is 0.0728. The summed E-state index contributed by atoms with van der Waals surface area (Å²) in [6, 6.07) is 22.1. The van der Waals surface area contributed by atoms with Crippen LogP contribution in [0.4, 0.5) is 4.79 Å². The summed E-state index contributed by atoms with van der Waals surface area (Å²) >= 11 is 19.3. The molecule has 0 aliphatic carbocycles. The number of rotatable bonds is 7. The second kappa shape index (κ2) is 11.4. The zero-order valence-corrected chi connectivity index (χ0v) is 20.7. The van der Waals surface area contributed by atoms with Gasteiger partial charge in [-0.1, -0.05) is 89.4 Å². The predicted octanol–water partition coefficient (Wildman–Crippen LogP) is 6.03. The van der Waals surface area contributed by atoms with E-state index in [1.165, 1.54) is 4.90 Å². The van der Waals surface area contributed by atoms with E-state index in [9.17, 15) is 9.90 Å². The van der Waals surface area contributed by atoms with E-state index in [1.807, 2.05) is 54.6 Å². The van der Waals surface area contributed by atoms with Crippen LogP contribution in [-0.2, 0) is 24.4 Å². The molecule has 1 saturated heterocycles. The zero-order valence-electron chi connectivity index (χ0n) is 18.4. The average molecular weight is 520 g/mol. The highest BCUT2D eigenvalue weighted by Crippen LogP contribution is 2.30. The summed E-state index contributed by atoms with van der Waals surface area (Å²) in [5, 5.41) is 12.7. The van der Waals surface area contributed by atoms with Crippen molar-refractivity contribution in [3.05, 3.63) is 105 Å². The van der Waals surface area contributed by atoms with Crippen LogP contribution < -0.4 is 0 Å². The molecule has 34 heavy (non-hydrogen) atoms. The second-order valence-electron chi connectivity index (χ2n) is 8.28. The SMILES string of the molecule is O=C(OCc1ccccc1)N1C[C@@H](O)[C@H](N(Cc2ccccc2Cl)Cc2c(Cl)cccc2Cl)C1. The summed E-state index contributed by atoms with van der Waals surface area (Å²) in [5.41, 5.74) is 2.57. The molecular weight excluding hydrogens is 495 g/mol. The molecule has 8 heteroatoms. The molecule has 4 rings (SSSR count). The Hall–Kier alpha value is -2.28. The molecule has 0 spiro atoms. The number of amides is 1. The van der Waals surface area contributed by atoms with Crippen molar-refractivity contribution < 1.29 is 14.6 Å². The molecule has 3 aromatic carbocycles. The number of aliphatic hydroxyl groups is 1. The molecule has 178 valence electrons. The Bertz CT molecular complexity index is 1110. The van der Waals surface area contributed by atoms with E-state index in [0.717, 1.165) is 16.7 Å². The minimum absolute atomic E-state index is 0.174. The first-order valence-corrected chi connectivity index (χ1v) is 12.1. The smallest absolute Gasteiger partial charge is 0.410 e. The molecule has 1 aliphatic rings. The molecule has 0 unspecified atom stereocenters. The van der Waals surface area contributed by atoms with Gasteiger partial charge in [0.1, 0.15) is 6.61 Å². The quantitative estimate of drug-likeness (QED) is 0.414. The molecule has 0 radical (unpaired) electrons. The molecule has 1 amide bonds. The van der Waals surface area contributed by atoms with Crippen molar-refractivity contribution in [2.75, 3.05) is 13.1 Å². The van der Waals surface area contributed by atoms with E-state index in [4.69, 9.17) is 39.5 Å². The van der Waals surface area contributed by atoms with Crippen LogP contribution >= 0.6 is 34.8 Å². The number of carbonyl (C=O) groups is 1. The van der Waals surface area contributed by atoms with Gasteiger partial charge in [0.05, 0.1) is 18.7 Å². The van der Waals surface area contributed by atoms with Crippen LogP contribution in [0.5, 0.6) is 0 Å². The molecule has 0 aromatic heterocycles. The van der Waals surface area contributed by atoms with Crippen LogP contribution in [0.15, 0.2) is 72.8 Å². The van der Waals surface area contributed by atoms with Crippen molar-refractivity contribution >= 4 is 40.9 Å². The number of aliphatic hydroxyl groups excluding tert-OH is 1. The third-order valence-corrected chi connectivity index (χ3v) is 7.02. The van der Waals surface area contributed by atoms with Gasteiger partial charge in [-0.3, -0.25) is 4.90 Å². The van der Waals surface area contributed by atoms with Gasteiger partial charge in [-0.05, 0) is 29.3 Å². The largest absolute Gasteiger partial charge is 0.445 e. The summed E-state index contributed by atoms with van der Waals surface area (Å²) in [6.07, 6.45) is -1.23. The lowest BCUT2D eigenvalue weighted by atomic mass is 10.1. The van der Waals surface area contributed by atoms with Gasteiger partial charge >= 0.3 is 6.09 Å². The maximum atomic E-state index is 12.7. The van der Waals surface area contributed by atoms with E-state index in [0.29, 0.717) is 34.7 Å². The predicted molar refractivity (Wildman–Crippen MR) is 135 cm³/mol. The lowest BCUT2D eigenvalue weighted by Crippen LogP contribution is -2.42. The van der Waals surface area contributed by atoms with Crippen molar-refractivity contribution in [2.45, 2.75) is 31.8 Å². The van der Waals surface area contributed by atoms with E-state index in [2.05, 4.69) is 4.90 Å². The monoisotopic (exact) mass is 518 g/mol. The fraction of sp³-hybridized carbons (Fsp3) is 0.269. The Morgan fingerprint density at radius 2 is 1.53 bits per heavy atom. The van der Waals surface area contributed by atoms with E-state index < -0.39 is 12.2 Å². The Kier molecular flexibility index (Phi) is 8.35. The number of nitrogens with zero attached hydrogens (tertiary/aromatic N) is 2. The fourth-order valence-electron chi connectivity index (χ4n) is 4.11. The number of hydrogen-bond acceptors (Lipinski definition) is 4. The highest BCUT2D eigenvalue weighted by atomic mass is 35.5. The van der Waals surface area contributed by atoms with E-state index in [1.54, 1.807) is 18.2 Å². The molecule has 3 aromatic rings. The van der Waals surface area contributed by atoms with Gasteiger partial charge < -0.3 is 14.7 Å². The maximum Gasteiger partial charge on any atom is 0.410 e. The summed E-state index contributed by atoms with van der Waals surface area (Å²) in [7, 11) is 0. The third kappa shape index (κ3) is 6.04. The van der Waals surface area contributed by atoms with Crippen LogP contribution in [0.1, 0.15) is 16.7 Å². The standard InChI is InChI=1S/C26H25Cl3N2O3/c27-21-10-5-4-9-19(21)13-30(14-20-22(28)11-6-12-23(20)29)24-15-31(16-25(24)32)26(33)34-17-18-7-2-1-3-8-18/h1-12,24-25,32H,13-17H2/t24-,25-/m1/s1. The maximum absolute atomic E-state index is 12.7. The lowest BCUT2D eigenvalue weighted by Gasteiger charge is -2.31. The van der Waals surface area contributed by atoms with Crippen LogP contribution in [0.2, 0.25) is 15.1 Å². The van der Waals surface area contributed by atoms with Gasteiger partial charge in [-0.25, -0.2) is 4.79 Å². The molecule has 0 bridgehead atoms. The summed E-state index contributed by atoms with van der Waals surface area (Å²) < 4.78 is 5.48. The van der Waals surface area contributed by atoms with Crippen LogP contribution in [0.25, 0.3) is 0 Å². The molecular formula is C26H25Cl3N2O3. The Labute approximate surface area is 214 Å². The first kappa shape index (κ1) is 24.8.